The second-order valence-corrected chi connectivity index (χ2v) is 11.9. The highest BCUT2D eigenvalue weighted by Crippen LogP contribution is 2.09. The van der Waals surface area contributed by atoms with E-state index in [1.165, 1.54) is 0 Å². The van der Waals surface area contributed by atoms with E-state index < -0.39 is 35.8 Å². The van der Waals surface area contributed by atoms with Gasteiger partial charge in [0.2, 0.25) is 11.8 Å². The van der Waals surface area contributed by atoms with Crippen LogP contribution in [0.1, 0.15) is 45.6 Å². The summed E-state index contributed by atoms with van der Waals surface area (Å²) >= 11 is 1.57. The van der Waals surface area contributed by atoms with Crippen molar-refractivity contribution >= 4 is 35.8 Å². The van der Waals surface area contributed by atoms with Crippen LogP contribution in [0.15, 0.2) is 30.3 Å². The summed E-state index contributed by atoms with van der Waals surface area (Å²) in [6.07, 6.45) is 1.62. The van der Waals surface area contributed by atoms with Gasteiger partial charge in [0.25, 0.3) is 0 Å². The number of hydrogen-bond acceptors (Lipinski definition) is 9. The minimum atomic E-state index is -0.972. The number of rotatable bonds is 16. The first-order valence-electron chi connectivity index (χ1n) is 14.4. The van der Waals surface area contributed by atoms with E-state index in [1.54, 1.807) is 32.5 Å². The molecule has 1 aliphatic heterocycles. The minimum Gasteiger partial charge on any atom is -0.445 e. The van der Waals surface area contributed by atoms with Crippen molar-refractivity contribution in [2.45, 2.75) is 64.3 Å². The van der Waals surface area contributed by atoms with Gasteiger partial charge in [0.1, 0.15) is 24.3 Å². The van der Waals surface area contributed by atoms with E-state index in [9.17, 15) is 19.2 Å². The van der Waals surface area contributed by atoms with Gasteiger partial charge in [0, 0.05) is 32.7 Å². The summed E-state index contributed by atoms with van der Waals surface area (Å²) in [5, 5.41) is 11.0. The zero-order chi connectivity index (χ0) is 30.8. The molecule has 0 saturated carbocycles. The summed E-state index contributed by atoms with van der Waals surface area (Å²) in [7, 11) is 0. The van der Waals surface area contributed by atoms with Gasteiger partial charge < -0.3 is 35.5 Å². The molecule has 1 aliphatic rings. The molecule has 2 rings (SSSR count). The average Bonchev–Trinajstić information content (AvgIpc) is 2.95. The van der Waals surface area contributed by atoms with Crippen LogP contribution in [0, 0.1) is 0 Å². The molecule has 1 aromatic carbocycles. The van der Waals surface area contributed by atoms with Crippen molar-refractivity contribution in [3.8, 4) is 0 Å². The molecule has 13 heteroatoms. The van der Waals surface area contributed by atoms with Gasteiger partial charge in [-0.05, 0) is 57.6 Å². The van der Waals surface area contributed by atoms with Crippen LogP contribution < -0.4 is 21.3 Å². The normalized spacial score (nSPS) is 15.1. The molecule has 0 unspecified atom stereocenters. The largest absolute Gasteiger partial charge is 0.445 e. The molecule has 42 heavy (non-hydrogen) atoms. The van der Waals surface area contributed by atoms with E-state index in [0.29, 0.717) is 44.9 Å². The first kappa shape index (κ1) is 35.2. The standard InChI is InChI=1S/C29H47N5O7S/c1-29(2,3)41-28(38)33-23(11-8-13-31-27(37)40-21-22-9-6-5-7-10-22)26(36)32-24(12-20-42-4)25(35)30-14-15-34-16-18-39-19-17-34/h5-7,9-10,23-24H,8,11-21H2,1-4H3,(H,30,35)(H,31,37)(H,32,36)(H,33,38)/t23-,24-/m0/s1. The Hall–Kier alpha value is -3.03. The Morgan fingerprint density at radius 2 is 1.62 bits per heavy atom. The molecule has 2 atom stereocenters. The first-order valence-corrected chi connectivity index (χ1v) is 15.8. The summed E-state index contributed by atoms with van der Waals surface area (Å²) in [5.74, 6) is -0.104. The smallest absolute Gasteiger partial charge is 0.408 e. The van der Waals surface area contributed by atoms with Crippen molar-refractivity contribution in [1.82, 2.24) is 26.2 Å². The Labute approximate surface area is 253 Å². The maximum absolute atomic E-state index is 13.3. The molecule has 12 nitrogen and oxygen atoms in total. The Balaban J connectivity index is 1.91. The zero-order valence-corrected chi connectivity index (χ0v) is 26.1. The van der Waals surface area contributed by atoms with E-state index in [1.807, 2.05) is 36.6 Å². The Kier molecular flexibility index (Phi) is 16.1. The van der Waals surface area contributed by atoms with Crippen molar-refractivity contribution in [3.63, 3.8) is 0 Å². The fourth-order valence-corrected chi connectivity index (χ4v) is 4.52. The number of thioether (sulfide) groups is 1. The van der Waals surface area contributed by atoms with E-state index >= 15 is 0 Å². The third-order valence-corrected chi connectivity index (χ3v) is 6.88. The third kappa shape index (κ3) is 15.3. The van der Waals surface area contributed by atoms with Crippen LogP contribution in [0.4, 0.5) is 9.59 Å². The molecule has 236 valence electrons. The minimum absolute atomic E-state index is 0.143. The number of ether oxygens (including phenoxy) is 3. The molecule has 1 saturated heterocycles. The van der Waals surface area contributed by atoms with Crippen LogP contribution >= 0.6 is 11.8 Å². The predicted molar refractivity (Wildman–Crippen MR) is 162 cm³/mol. The maximum Gasteiger partial charge on any atom is 0.408 e. The zero-order valence-electron chi connectivity index (χ0n) is 25.2. The number of amides is 4. The van der Waals surface area contributed by atoms with Crippen LogP contribution in [0.3, 0.4) is 0 Å². The molecular weight excluding hydrogens is 562 g/mol. The van der Waals surface area contributed by atoms with Crippen LogP contribution in [0.25, 0.3) is 0 Å². The first-order chi connectivity index (χ1) is 20.1. The maximum atomic E-state index is 13.3. The Bertz CT molecular complexity index is 971. The van der Waals surface area contributed by atoms with Crippen LogP contribution in [-0.4, -0.2) is 105 Å². The molecule has 4 amide bonds. The van der Waals surface area contributed by atoms with Crippen molar-refractivity contribution in [2.24, 2.45) is 0 Å². The van der Waals surface area contributed by atoms with Crippen molar-refractivity contribution < 1.29 is 33.4 Å². The Morgan fingerprint density at radius 1 is 0.929 bits per heavy atom. The number of nitrogens with one attached hydrogen (secondary N) is 4. The summed E-state index contributed by atoms with van der Waals surface area (Å²) < 4.78 is 15.9. The van der Waals surface area contributed by atoms with Crippen LogP contribution in [0.2, 0.25) is 0 Å². The molecule has 1 heterocycles. The molecule has 0 spiro atoms. The molecule has 4 N–H and O–H groups in total. The lowest BCUT2D eigenvalue weighted by atomic mass is 10.1. The number of alkyl carbamates (subject to hydrolysis) is 2. The number of hydrogen-bond donors (Lipinski definition) is 4. The van der Waals surface area contributed by atoms with Crippen molar-refractivity contribution in [1.29, 1.82) is 0 Å². The predicted octanol–water partition coefficient (Wildman–Crippen LogP) is 2.27. The number of carbonyl (C=O) groups excluding carboxylic acids is 4. The van der Waals surface area contributed by atoms with Gasteiger partial charge in [-0.2, -0.15) is 11.8 Å². The van der Waals surface area contributed by atoms with Gasteiger partial charge >= 0.3 is 12.2 Å². The van der Waals surface area contributed by atoms with E-state index in [-0.39, 0.29) is 25.5 Å². The Morgan fingerprint density at radius 3 is 2.29 bits per heavy atom. The molecular formula is C29H47N5O7S. The van der Waals surface area contributed by atoms with Gasteiger partial charge in [0.05, 0.1) is 13.2 Å². The third-order valence-electron chi connectivity index (χ3n) is 6.23. The lowest BCUT2D eigenvalue weighted by molar-refractivity contribution is -0.130. The summed E-state index contributed by atoms with van der Waals surface area (Å²) in [6, 6.07) is 7.58. The summed E-state index contributed by atoms with van der Waals surface area (Å²) in [5.41, 5.74) is 0.114. The van der Waals surface area contributed by atoms with Crippen molar-refractivity contribution in [3.05, 3.63) is 35.9 Å². The fourth-order valence-electron chi connectivity index (χ4n) is 4.05. The van der Waals surface area contributed by atoms with Crippen molar-refractivity contribution in [2.75, 3.05) is 57.9 Å². The monoisotopic (exact) mass is 609 g/mol. The molecule has 1 fully saturated rings. The molecule has 0 bridgehead atoms. The highest BCUT2D eigenvalue weighted by Gasteiger charge is 2.28. The molecule has 0 aliphatic carbocycles. The number of nitrogens with zero attached hydrogens (tertiary/aromatic N) is 1. The number of morpholine rings is 1. The van der Waals surface area contributed by atoms with Crippen LogP contribution in [-0.2, 0) is 30.4 Å². The van der Waals surface area contributed by atoms with E-state index in [0.717, 1.165) is 18.7 Å². The quantitative estimate of drug-likeness (QED) is 0.207. The van der Waals surface area contributed by atoms with E-state index in [4.69, 9.17) is 14.2 Å². The van der Waals surface area contributed by atoms with Gasteiger partial charge in [-0.3, -0.25) is 14.5 Å². The second-order valence-electron chi connectivity index (χ2n) is 10.9. The second kappa shape index (κ2) is 19.2. The van der Waals surface area contributed by atoms with Gasteiger partial charge in [-0.1, -0.05) is 30.3 Å². The molecule has 1 aromatic rings. The van der Waals surface area contributed by atoms with Gasteiger partial charge in [-0.25, -0.2) is 9.59 Å². The average molecular weight is 610 g/mol. The SMILES string of the molecule is CSCC[C@H](NC(=O)[C@H](CCCNC(=O)OCc1ccccc1)NC(=O)OC(C)(C)C)C(=O)NCCN1CCOCC1. The number of benzene rings is 1. The highest BCUT2D eigenvalue weighted by molar-refractivity contribution is 7.98. The molecule has 0 radical (unpaired) electrons. The highest BCUT2D eigenvalue weighted by atomic mass is 32.2. The van der Waals surface area contributed by atoms with Gasteiger partial charge in [0.15, 0.2) is 0 Å². The topological polar surface area (TPSA) is 147 Å². The summed E-state index contributed by atoms with van der Waals surface area (Å²) in [4.78, 5) is 53.1. The van der Waals surface area contributed by atoms with Crippen LogP contribution in [0.5, 0.6) is 0 Å². The fraction of sp³-hybridized carbons (Fsp3) is 0.655. The van der Waals surface area contributed by atoms with E-state index in [2.05, 4.69) is 26.2 Å². The lowest BCUT2D eigenvalue weighted by Gasteiger charge is -2.27. The van der Waals surface area contributed by atoms with Gasteiger partial charge in [-0.15, -0.1) is 0 Å². The number of carbonyl (C=O) groups is 4. The summed E-state index contributed by atoms with van der Waals surface area (Å²) in [6.45, 7) is 9.70. The molecule has 0 aromatic heterocycles. The lowest BCUT2D eigenvalue weighted by Crippen LogP contribution is -2.55.